The Morgan fingerprint density at radius 2 is 1.54 bits per heavy atom. The van der Waals surface area contributed by atoms with Crippen LogP contribution in [0.25, 0.3) is 0 Å². The lowest BCUT2D eigenvalue weighted by Gasteiger charge is -2.15. The van der Waals surface area contributed by atoms with Gasteiger partial charge < -0.3 is 14.2 Å². The SMILES string of the molecule is COC(=O)/C=C/[C@@H](COCc1ccccc1)OCc1ccccc1. The number of benzene rings is 2. The first-order chi connectivity index (χ1) is 11.8. The lowest BCUT2D eigenvalue weighted by molar-refractivity contribution is -0.134. The highest BCUT2D eigenvalue weighted by atomic mass is 16.5. The maximum absolute atomic E-state index is 11.3. The lowest BCUT2D eigenvalue weighted by atomic mass is 10.2. The van der Waals surface area contributed by atoms with Crippen molar-refractivity contribution in [3.63, 3.8) is 0 Å². The fourth-order valence-electron chi connectivity index (χ4n) is 2.06. The topological polar surface area (TPSA) is 44.8 Å². The molecule has 0 amide bonds. The Bertz CT molecular complexity index is 623. The van der Waals surface area contributed by atoms with Gasteiger partial charge in [-0.25, -0.2) is 4.79 Å². The zero-order valence-corrected chi connectivity index (χ0v) is 13.8. The molecule has 24 heavy (non-hydrogen) atoms. The first kappa shape index (κ1) is 17.9. The van der Waals surface area contributed by atoms with Crippen LogP contribution >= 0.6 is 0 Å². The monoisotopic (exact) mass is 326 g/mol. The molecule has 0 spiro atoms. The average Bonchev–Trinajstić information content (AvgIpc) is 2.65. The molecule has 0 saturated carbocycles. The number of hydrogen-bond acceptors (Lipinski definition) is 4. The summed E-state index contributed by atoms with van der Waals surface area (Å²) in [6.45, 7) is 1.30. The van der Waals surface area contributed by atoms with Gasteiger partial charge in [0, 0.05) is 6.08 Å². The van der Waals surface area contributed by atoms with Crippen molar-refractivity contribution in [2.75, 3.05) is 13.7 Å². The first-order valence-corrected chi connectivity index (χ1v) is 7.81. The fraction of sp³-hybridized carbons (Fsp3) is 0.250. The van der Waals surface area contributed by atoms with Crippen LogP contribution in [0.4, 0.5) is 0 Å². The van der Waals surface area contributed by atoms with Crippen LogP contribution in [0.15, 0.2) is 72.8 Å². The minimum absolute atomic E-state index is 0.326. The maximum Gasteiger partial charge on any atom is 0.330 e. The molecule has 0 N–H and O–H groups in total. The third-order valence-electron chi connectivity index (χ3n) is 3.35. The second-order valence-electron chi connectivity index (χ2n) is 5.22. The zero-order valence-electron chi connectivity index (χ0n) is 13.8. The van der Waals surface area contributed by atoms with E-state index in [4.69, 9.17) is 9.47 Å². The van der Waals surface area contributed by atoms with Gasteiger partial charge in [-0.15, -0.1) is 0 Å². The van der Waals surface area contributed by atoms with E-state index >= 15 is 0 Å². The number of rotatable bonds is 9. The highest BCUT2D eigenvalue weighted by Crippen LogP contribution is 2.07. The molecule has 4 nitrogen and oxygen atoms in total. The standard InChI is InChI=1S/C20H22O4/c1-22-20(21)13-12-19(24-15-18-10-6-3-7-11-18)16-23-14-17-8-4-2-5-9-17/h2-13,19H,14-16H2,1H3/b13-12+/t19-/m0/s1. The van der Waals surface area contributed by atoms with Crippen LogP contribution in [0.5, 0.6) is 0 Å². The Balaban J connectivity index is 1.86. The predicted octanol–water partition coefficient (Wildman–Crippen LogP) is 3.52. The van der Waals surface area contributed by atoms with Crippen LogP contribution < -0.4 is 0 Å². The minimum atomic E-state index is -0.411. The fourth-order valence-corrected chi connectivity index (χ4v) is 2.06. The summed E-state index contributed by atoms with van der Waals surface area (Å²) in [5.74, 6) is -0.411. The highest BCUT2D eigenvalue weighted by molar-refractivity contribution is 5.81. The first-order valence-electron chi connectivity index (χ1n) is 7.81. The smallest absolute Gasteiger partial charge is 0.330 e. The quantitative estimate of drug-likeness (QED) is 0.522. The van der Waals surface area contributed by atoms with E-state index in [9.17, 15) is 4.79 Å². The third kappa shape index (κ3) is 6.77. The number of esters is 1. The van der Waals surface area contributed by atoms with E-state index in [1.54, 1.807) is 6.08 Å². The van der Waals surface area contributed by atoms with Gasteiger partial charge >= 0.3 is 5.97 Å². The van der Waals surface area contributed by atoms with E-state index in [1.165, 1.54) is 13.2 Å². The van der Waals surface area contributed by atoms with E-state index in [-0.39, 0.29) is 6.10 Å². The molecule has 0 bridgehead atoms. The van der Waals surface area contributed by atoms with Crippen LogP contribution in [0, 0.1) is 0 Å². The predicted molar refractivity (Wildman–Crippen MR) is 92.3 cm³/mol. The van der Waals surface area contributed by atoms with Crippen molar-refractivity contribution in [1.29, 1.82) is 0 Å². The van der Waals surface area contributed by atoms with Gasteiger partial charge in [0.25, 0.3) is 0 Å². The van der Waals surface area contributed by atoms with Crippen molar-refractivity contribution in [2.24, 2.45) is 0 Å². The van der Waals surface area contributed by atoms with Crippen molar-refractivity contribution in [3.8, 4) is 0 Å². The summed E-state index contributed by atoms with van der Waals surface area (Å²) in [6.07, 6.45) is 2.70. The zero-order chi connectivity index (χ0) is 17.0. The van der Waals surface area contributed by atoms with Gasteiger partial charge in [0.2, 0.25) is 0 Å². The molecule has 0 aliphatic rings. The molecule has 0 aliphatic carbocycles. The van der Waals surface area contributed by atoms with E-state index < -0.39 is 5.97 Å². The molecule has 2 aromatic rings. The molecule has 0 fully saturated rings. The van der Waals surface area contributed by atoms with Crippen molar-refractivity contribution < 1.29 is 19.0 Å². The summed E-state index contributed by atoms with van der Waals surface area (Å²) in [5.41, 5.74) is 2.16. The van der Waals surface area contributed by atoms with Gasteiger partial charge in [-0.3, -0.25) is 0 Å². The molecule has 1 atom stereocenters. The summed E-state index contributed by atoms with van der Waals surface area (Å²) in [5, 5.41) is 0. The van der Waals surface area contributed by atoms with Crippen molar-refractivity contribution in [1.82, 2.24) is 0 Å². The molecular formula is C20H22O4. The summed E-state index contributed by atoms with van der Waals surface area (Å²) in [7, 11) is 1.35. The van der Waals surface area contributed by atoms with Crippen molar-refractivity contribution >= 4 is 5.97 Å². The van der Waals surface area contributed by atoms with Crippen molar-refractivity contribution in [3.05, 3.63) is 83.9 Å². The molecule has 0 radical (unpaired) electrons. The van der Waals surface area contributed by atoms with Crippen LogP contribution in [0.2, 0.25) is 0 Å². The summed E-state index contributed by atoms with van der Waals surface area (Å²) >= 11 is 0. The van der Waals surface area contributed by atoms with Gasteiger partial charge in [0.15, 0.2) is 0 Å². The third-order valence-corrected chi connectivity index (χ3v) is 3.35. The van der Waals surface area contributed by atoms with Gasteiger partial charge in [-0.2, -0.15) is 0 Å². The maximum atomic E-state index is 11.3. The molecule has 0 aromatic heterocycles. The van der Waals surface area contributed by atoms with Crippen molar-refractivity contribution in [2.45, 2.75) is 19.3 Å². The molecule has 4 heteroatoms. The van der Waals surface area contributed by atoms with Crippen LogP contribution in [-0.2, 0) is 32.2 Å². The minimum Gasteiger partial charge on any atom is -0.466 e. The number of carbonyl (C=O) groups excluding carboxylic acids is 1. The van der Waals surface area contributed by atoms with E-state index in [2.05, 4.69) is 4.74 Å². The van der Waals surface area contributed by atoms with E-state index in [1.807, 2.05) is 60.7 Å². The summed E-state index contributed by atoms with van der Waals surface area (Å²) in [4.78, 5) is 11.3. The molecule has 0 unspecified atom stereocenters. The summed E-state index contributed by atoms with van der Waals surface area (Å²) < 4.78 is 16.2. The van der Waals surface area contributed by atoms with E-state index in [0.29, 0.717) is 19.8 Å². The molecule has 2 rings (SSSR count). The number of carbonyl (C=O) groups is 1. The Kier molecular flexibility index (Phi) is 7.74. The molecule has 0 saturated heterocycles. The molecule has 126 valence electrons. The second kappa shape index (κ2) is 10.4. The van der Waals surface area contributed by atoms with Gasteiger partial charge in [-0.05, 0) is 17.2 Å². The summed E-state index contributed by atoms with van der Waals surface area (Å²) in [6, 6.07) is 19.8. The lowest BCUT2D eigenvalue weighted by Crippen LogP contribution is -2.18. The van der Waals surface area contributed by atoms with Gasteiger partial charge in [0.05, 0.1) is 33.0 Å². The average molecular weight is 326 g/mol. The number of ether oxygens (including phenoxy) is 3. The Morgan fingerprint density at radius 1 is 0.958 bits per heavy atom. The van der Waals surface area contributed by atoms with Crippen LogP contribution in [0.1, 0.15) is 11.1 Å². The molecule has 0 aliphatic heterocycles. The Labute approximate surface area is 142 Å². The van der Waals surface area contributed by atoms with Crippen LogP contribution in [-0.4, -0.2) is 25.8 Å². The highest BCUT2D eigenvalue weighted by Gasteiger charge is 2.08. The number of hydrogen-bond donors (Lipinski definition) is 0. The van der Waals surface area contributed by atoms with Gasteiger partial charge in [0.1, 0.15) is 0 Å². The van der Waals surface area contributed by atoms with E-state index in [0.717, 1.165) is 11.1 Å². The Morgan fingerprint density at radius 3 is 2.12 bits per heavy atom. The molecule has 0 heterocycles. The molecular weight excluding hydrogens is 304 g/mol. The molecule has 2 aromatic carbocycles. The van der Waals surface area contributed by atoms with Gasteiger partial charge in [-0.1, -0.05) is 60.7 Å². The second-order valence-corrected chi connectivity index (χ2v) is 5.22. The Hall–Kier alpha value is -2.43. The van der Waals surface area contributed by atoms with Crippen LogP contribution in [0.3, 0.4) is 0 Å². The largest absolute Gasteiger partial charge is 0.466 e. The normalized spacial score (nSPS) is 12.2. The number of methoxy groups -OCH3 is 1.